The van der Waals surface area contributed by atoms with Crippen LogP contribution in [0.25, 0.3) is 22.1 Å². The highest BCUT2D eigenvalue weighted by atomic mass is 19.1. The Balaban J connectivity index is 1.85. The second kappa shape index (κ2) is 7.12. The fourth-order valence-corrected chi connectivity index (χ4v) is 3.35. The van der Waals surface area contributed by atoms with Gasteiger partial charge in [-0.2, -0.15) is 0 Å². The Labute approximate surface area is 163 Å². The van der Waals surface area contributed by atoms with Gasteiger partial charge in [-0.3, -0.25) is 23.7 Å². The van der Waals surface area contributed by atoms with E-state index in [1.807, 2.05) is 6.92 Å². The van der Waals surface area contributed by atoms with Gasteiger partial charge in [-0.1, -0.05) is 13.3 Å². The number of aromatic nitrogens is 6. The van der Waals surface area contributed by atoms with Crippen molar-refractivity contribution in [3.05, 3.63) is 67.4 Å². The van der Waals surface area contributed by atoms with Crippen molar-refractivity contribution < 1.29 is 4.39 Å². The zero-order chi connectivity index (χ0) is 20.7. The van der Waals surface area contributed by atoms with Gasteiger partial charge in [-0.25, -0.2) is 19.2 Å². The number of rotatable bonds is 5. The highest BCUT2D eigenvalue weighted by molar-refractivity contribution is 5.77. The van der Waals surface area contributed by atoms with Crippen molar-refractivity contribution in [2.75, 3.05) is 0 Å². The number of benzene rings is 1. The van der Waals surface area contributed by atoms with E-state index in [1.54, 1.807) is 11.6 Å². The van der Waals surface area contributed by atoms with Gasteiger partial charge in [0.25, 0.3) is 11.1 Å². The van der Waals surface area contributed by atoms with E-state index >= 15 is 0 Å². The summed E-state index contributed by atoms with van der Waals surface area (Å²) in [7, 11) is 1.66. The topological polar surface area (TPSA) is 108 Å². The predicted octanol–water partition coefficient (Wildman–Crippen LogP) is 1.12. The molecule has 0 atom stereocenters. The van der Waals surface area contributed by atoms with E-state index in [4.69, 9.17) is 0 Å². The van der Waals surface area contributed by atoms with Gasteiger partial charge in [0, 0.05) is 19.7 Å². The lowest BCUT2D eigenvalue weighted by Crippen LogP contribution is -2.31. The first-order valence-electron chi connectivity index (χ1n) is 9.23. The van der Waals surface area contributed by atoms with Crippen molar-refractivity contribution in [3.63, 3.8) is 0 Å². The van der Waals surface area contributed by atoms with Gasteiger partial charge in [0.2, 0.25) is 0 Å². The molecule has 0 saturated heterocycles. The first kappa shape index (κ1) is 18.8. The van der Waals surface area contributed by atoms with Crippen LogP contribution in [0.5, 0.6) is 0 Å². The van der Waals surface area contributed by atoms with Crippen molar-refractivity contribution in [2.45, 2.75) is 32.9 Å². The SMILES string of the molecule is CCCCn1c(=O)[nH]c(=O)c2c1nc(Cn1cnc3cc(F)ccc3c1=O)n2C. The lowest BCUT2D eigenvalue weighted by atomic mass is 10.2. The molecule has 4 rings (SSSR count). The Morgan fingerprint density at radius 2 is 2.00 bits per heavy atom. The molecule has 1 aromatic carbocycles. The number of halogens is 1. The Morgan fingerprint density at radius 1 is 1.21 bits per heavy atom. The number of H-pyrrole nitrogens is 1. The average molecular weight is 398 g/mol. The molecule has 1 N–H and O–H groups in total. The van der Waals surface area contributed by atoms with Gasteiger partial charge in [0.05, 0.1) is 23.8 Å². The van der Waals surface area contributed by atoms with Gasteiger partial charge in [-0.15, -0.1) is 0 Å². The summed E-state index contributed by atoms with van der Waals surface area (Å²) >= 11 is 0. The molecule has 0 aliphatic rings. The number of unbranched alkanes of at least 4 members (excludes halogenated alkanes) is 1. The molecule has 3 aromatic heterocycles. The zero-order valence-corrected chi connectivity index (χ0v) is 16.0. The molecule has 10 heteroatoms. The van der Waals surface area contributed by atoms with E-state index in [0.717, 1.165) is 12.8 Å². The first-order chi connectivity index (χ1) is 13.9. The summed E-state index contributed by atoms with van der Waals surface area (Å²) in [4.78, 5) is 48.2. The molecule has 29 heavy (non-hydrogen) atoms. The zero-order valence-electron chi connectivity index (χ0n) is 16.0. The second-order valence-electron chi connectivity index (χ2n) is 6.86. The van der Waals surface area contributed by atoms with Crippen LogP contribution in [-0.2, 0) is 20.1 Å². The van der Waals surface area contributed by atoms with Crippen LogP contribution < -0.4 is 16.8 Å². The van der Waals surface area contributed by atoms with E-state index in [9.17, 15) is 18.8 Å². The molecule has 0 fully saturated rings. The summed E-state index contributed by atoms with van der Waals surface area (Å²) < 4.78 is 17.7. The normalized spacial score (nSPS) is 11.6. The minimum atomic E-state index is -0.529. The predicted molar refractivity (Wildman–Crippen MR) is 106 cm³/mol. The summed E-state index contributed by atoms with van der Waals surface area (Å²) in [6, 6.07) is 3.79. The van der Waals surface area contributed by atoms with Crippen LogP contribution in [0.3, 0.4) is 0 Å². The first-order valence-corrected chi connectivity index (χ1v) is 9.23. The van der Waals surface area contributed by atoms with E-state index in [0.29, 0.717) is 12.4 Å². The molecule has 0 unspecified atom stereocenters. The fraction of sp³-hybridized carbons (Fsp3) is 0.316. The standard InChI is InChI=1S/C19H19FN6O3/c1-3-4-7-26-16-15(17(27)23-19(26)29)24(2)14(22-16)9-25-10-21-13-8-11(20)5-6-12(13)18(25)28/h5-6,8,10H,3-4,7,9H2,1-2H3,(H,23,27,29). The molecule has 4 aromatic rings. The molecule has 0 radical (unpaired) electrons. The van der Waals surface area contributed by atoms with Crippen LogP contribution in [0.2, 0.25) is 0 Å². The minimum absolute atomic E-state index is 0.0474. The molecular weight excluding hydrogens is 379 g/mol. The number of imidazole rings is 1. The highest BCUT2D eigenvalue weighted by Gasteiger charge is 2.17. The Morgan fingerprint density at radius 3 is 2.76 bits per heavy atom. The van der Waals surface area contributed by atoms with E-state index in [-0.39, 0.29) is 34.2 Å². The summed E-state index contributed by atoms with van der Waals surface area (Å²) in [5, 5.41) is 0.283. The summed E-state index contributed by atoms with van der Waals surface area (Å²) in [5.41, 5.74) is -0.570. The highest BCUT2D eigenvalue weighted by Crippen LogP contribution is 2.12. The van der Waals surface area contributed by atoms with Gasteiger partial charge in [0.15, 0.2) is 11.2 Å². The van der Waals surface area contributed by atoms with Crippen molar-refractivity contribution in [1.82, 2.24) is 28.7 Å². The quantitative estimate of drug-likeness (QED) is 0.542. The second-order valence-corrected chi connectivity index (χ2v) is 6.86. The fourth-order valence-electron chi connectivity index (χ4n) is 3.35. The molecule has 0 saturated carbocycles. The van der Waals surface area contributed by atoms with Crippen LogP contribution in [0.1, 0.15) is 25.6 Å². The maximum atomic E-state index is 13.4. The molecule has 0 aliphatic heterocycles. The molecular formula is C19H19FN6O3. The molecule has 9 nitrogen and oxygen atoms in total. The monoisotopic (exact) mass is 398 g/mol. The van der Waals surface area contributed by atoms with Crippen LogP contribution in [0, 0.1) is 5.82 Å². The third-order valence-electron chi connectivity index (χ3n) is 4.94. The number of hydrogen-bond acceptors (Lipinski definition) is 5. The van der Waals surface area contributed by atoms with Crippen molar-refractivity contribution >= 4 is 22.1 Å². The number of nitrogens with one attached hydrogen (secondary N) is 1. The molecule has 0 aliphatic carbocycles. The number of aromatic amines is 1. The number of hydrogen-bond donors (Lipinski definition) is 1. The van der Waals surface area contributed by atoms with Crippen LogP contribution in [-0.4, -0.2) is 28.7 Å². The molecule has 0 spiro atoms. The Hall–Kier alpha value is -3.56. The lowest BCUT2D eigenvalue weighted by molar-refractivity contribution is 0.612. The summed E-state index contributed by atoms with van der Waals surface area (Å²) in [6.45, 7) is 2.48. The molecule has 150 valence electrons. The smallest absolute Gasteiger partial charge is 0.324 e. The van der Waals surface area contributed by atoms with E-state index in [2.05, 4.69) is 15.0 Å². The Kier molecular flexibility index (Phi) is 4.61. The third-order valence-corrected chi connectivity index (χ3v) is 4.94. The molecule has 3 heterocycles. The summed E-state index contributed by atoms with van der Waals surface area (Å²) in [6.07, 6.45) is 2.96. The lowest BCUT2D eigenvalue weighted by Gasteiger charge is -2.06. The van der Waals surface area contributed by atoms with Crippen molar-refractivity contribution in [3.8, 4) is 0 Å². The van der Waals surface area contributed by atoms with Gasteiger partial charge >= 0.3 is 5.69 Å². The number of nitrogens with zero attached hydrogens (tertiary/aromatic N) is 5. The Bertz CT molecular complexity index is 1410. The van der Waals surface area contributed by atoms with E-state index < -0.39 is 17.1 Å². The molecule has 0 bridgehead atoms. The number of fused-ring (bicyclic) bond motifs is 2. The van der Waals surface area contributed by atoms with Gasteiger partial charge in [0.1, 0.15) is 11.6 Å². The molecule has 0 amide bonds. The van der Waals surface area contributed by atoms with E-state index in [1.165, 1.54) is 33.7 Å². The van der Waals surface area contributed by atoms with Crippen molar-refractivity contribution in [2.24, 2.45) is 7.05 Å². The minimum Gasteiger partial charge on any atom is -0.324 e. The maximum Gasteiger partial charge on any atom is 0.330 e. The van der Waals surface area contributed by atoms with Crippen LogP contribution in [0.4, 0.5) is 4.39 Å². The average Bonchev–Trinajstić information content (AvgIpc) is 3.00. The van der Waals surface area contributed by atoms with Gasteiger partial charge in [-0.05, 0) is 18.6 Å². The van der Waals surface area contributed by atoms with Gasteiger partial charge < -0.3 is 4.57 Å². The van der Waals surface area contributed by atoms with Crippen LogP contribution in [0.15, 0.2) is 38.9 Å². The summed E-state index contributed by atoms with van der Waals surface area (Å²) in [5.74, 6) is -0.0477. The largest absolute Gasteiger partial charge is 0.330 e. The third kappa shape index (κ3) is 3.16. The van der Waals surface area contributed by atoms with Crippen molar-refractivity contribution in [1.29, 1.82) is 0 Å². The van der Waals surface area contributed by atoms with Crippen LogP contribution >= 0.6 is 0 Å². The number of aryl methyl sites for hydroxylation is 2. The maximum absolute atomic E-state index is 13.4.